The number of aromatic amines is 1. The molecule has 0 aliphatic carbocycles. The van der Waals surface area contributed by atoms with E-state index in [0.29, 0.717) is 16.7 Å². The van der Waals surface area contributed by atoms with E-state index in [1.54, 1.807) is 31.2 Å². The summed E-state index contributed by atoms with van der Waals surface area (Å²) in [6.45, 7) is 1.18. The SMILES string of the molecule is Cc1ccc(OCC(O)=C(C#N)c2nc3ccccc3[nH]2)c([N+](=O)[O-])n1. The van der Waals surface area contributed by atoms with Gasteiger partial charge in [-0.15, -0.1) is 0 Å². The van der Waals surface area contributed by atoms with Crippen LogP contribution in [0, 0.1) is 28.4 Å². The zero-order valence-electron chi connectivity index (χ0n) is 13.6. The third-order valence-electron chi connectivity index (χ3n) is 3.54. The quantitative estimate of drug-likeness (QED) is 0.312. The number of aliphatic hydroxyl groups excluding tert-OH is 1. The molecule has 0 amide bonds. The van der Waals surface area contributed by atoms with Crippen molar-refractivity contribution in [2.45, 2.75) is 6.92 Å². The number of nitriles is 1. The third kappa shape index (κ3) is 3.29. The van der Waals surface area contributed by atoms with Crippen LogP contribution >= 0.6 is 0 Å². The van der Waals surface area contributed by atoms with E-state index in [1.165, 1.54) is 6.07 Å². The van der Waals surface area contributed by atoms with Crippen molar-refractivity contribution in [1.29, 1.82) is 5.26 Å². The zero-order chi connectivity index (χ0) is 18.7. The van der Waals surface area contributed by atoms with Crippen LogP contribution in [0.1, 0.15) is 11.5 Å². The van der Waals surface area contributed by atoms with Gasteiger partial charge in [-0.1, -0.05) is 12.1 Å². The van der Waals surface area contributed by atoms with Crippen LogP contribution in [0.15, 0.2) is 42.2 Å². The third-order valence-corrected chi connectivity index (χ3v) is 3.54. The van der Waals surface area contributed by atoms with Crippen molar-refractivity contribution in [2.75, 3.05) is 6.61 Å². The largest absolute Gasteiger partial charge is 0.507 e. The van der Waals surface area contributed by atoms with Crippen molar-refractivity contribution in [3.05, 3.63) is 63.8 Å². The normalized spacial score (nSPS) is 11.7. The van der Waals surface area contributed by atoms with Crippen molar-refractivity contribution in [3.63, 3.8) is 0 Å². The number of fused-ring (bicyclic) bond motifs is 1. The molecule has 0 aliphatic heterocycles. The van der Waals surface area contributed by atoms with Crippen molar-refractivity contribution < 1.29 is 14.8 Å². The molecule has 2 N–H and O–H groups in total. The number of nitrogens with zero attached hydrogens (tertiary/aromatic N) is 4. The summed E-state index contributed by atoms with van der Waals surface area (Å²) in [7, 11) is 0. The lowest BCUT2D eigenvalue weighted by Crippen LogP contribution is -2.07. The number of allylic oxidation sites excluding steroid dienone is 1. The molecule has 0 atom stereocenters. The molecule has 0 unspecified atom stereocenters. The Morgan fingerprint density at radius 1 is 1.35 bits per heavy atom. The standard InChI is InChI=1S/C17H13N5O4/c1-10-6-7-15(17(19-10)22(24)25)26-9-14(23)11(8-18)16-20-12-4-2-3-5-13(12)21-16/h2-7,23H,9H2,1H3,(H,20,21). The first-order chi connectivity index (χ1) is 12.5. The highest BCUT2D eigenvalue weighted by Gasteiger charge is 2.19. The first-order valence-corrected chi connectivity index (χ1v) is 7.51. The zero-order valence-corrected chi connectivity index (χ0v) is 13.6. The van der Waals surface area contributed by atoms with Crippen molar-refractivity contribution >= 4 is 22.4 Å². The highest BCUT2D eigenvalue weighted by atomic mass is 16.6. The highest BCUT2D eigenvalue weighted by molar-refractivity contribution is 5.82. The van der Waals surface area contributed by atoms with Crippen molar-refractivity contribution in [3.8, 4) is 11.8 Å². The van der Waals surface area contributed by atoms with Crippen LogP contribution in [-0.2, 0) is 0 Å². The maximum atomic E-state index is 11.1. The number of ether oxygens (including phenoxy) is 1. The number of benzene rings is 1. The minimum Gasteiger partial charge on any atom is -0.507 e. The van der Waals surface area contributed by atoms with Gasteiger partial charge in [0, 0.05) is 6.92 Å². The molecule has 0 saturated heterocycles. The van der Waals surface area contributed by atoms with Gasteiger partial charge < -0.3 is 24.9 Å². The number of imidazole rings is 1. The highest BCUT2D eigenvalue weighted by Crippen LogP contribution is 2.25. The number of rotatable bonds is 5. The molecular formula is C17H13N5O4. The molecule has 2 heterocycles. The van der Waals surface area contributed by atoms with E-state index in [9.17, 15) is 20.5 Å². The first-order valence-electron chi connectivity index (χ1n) is 7.51. The minimum absolute atomic E-state index is 0.103. The van der Waals surface area contributed by atoms with Crippen LogP contribution in [-0.4, -0.2) is 31.6 Å². The minimum atomic E-state index is -0.673. The van der Waals surface area contributed by atoms with Crippen molar-refractivity contribution in [2.24, 2.45) is 0 Å². The number of para-hydroxylation sites is 2. The van der Waals surface area contributed by atoms with Gasteiger partial charge in [-0.2, -0.15) is 5.26 Å². The summed E-state index contributed by atoms with van der Waals surface area (Å²) >= 11 is 0. The Labute approximate surface area is 147 Å². The fourth-order valence-electron chi connectivity index (χ4n) is 2.32. The maximum absolute atomic E-state index is 11.1. The predicted octanol–water partition coefficient (Wildman–Crippen LogP) is 3.05. The van der Waals surface area contributed by atoms with E-state index < -0.39 is 23.1 Å². The molecule has 26 heavy (non-hydrogen) atoms. The fourth-order valence-corrected chi connectivity index (χ4v) is 2.32. The Morgan fingerprint density at radius 2 is 2.12 bits per heavy atom. The molecule has 0 aliphatic rings. The van der Waals surface area contributed by atoms with Crippen LogP contribution in [0.3, 0.4) is 0 Å². The molecule has 1 aromatic carbocycles. The lowest BCUT2D eigenvalue weighted by Gasteiger charge is -2.07. The Morgan fingerprint density at radius 3 is 2.81 bits per heavy atom. The molecule has 3 rings (SSSR count). The summed E-state index contributed by atoms with van der Waals surface area (Å²) in [5.41, 5.74) is 1.71. The van der Waals surface area contributed by atoms with Crippen LogP contribution in [0.5, 0.6) is 5.75 Å². The van der Waals surface area contributed by atoms with Gasteiger partial charge in [0.05, 0.1) is 11.0 Å². The Bertz CT molecular complexity index is 1030. The summed E-state index contributed by atoms with van der Waals surface area (Å²) in [5.74, 6) is -0.776. The predicted molar refractivity (Wildman–Crippen MR) is 92.4 cm³/mol. The monoisotopic (exact) mass is 351 g/mol. The number of nitro groups is 1. The number of aliphatic hydroxyl groups is 1. The van der Waals surface area contributed by atoms with Gasteiger partial charge in [0.15, 0.2) is 11.6 Å². The lowest BCUT2D eigenvalue weighted by atomic mass is 10.2. The number of aryl methyl sites for hydroxylation is 1. The van der Waals surface area contributed by atoms with Gasteiger partial charge in [0.1, 0.15) is 23.9 Å². The van der Waals surface area contributed by atoms with E-state index in [0.717, 1.165) is 0 Å². The molecular weight excluding hydrogens is 338 g/mol. The molecule has 0 saturated carbocycles. The van der Waals surface area contributed by atoms with Gasteiger partial charge in [-0.25, -0.2) is 4.98 Å². The van der Waals surface area contributed by atoms with Crippen LogP contribution in [0.4, 0.5) is 5.82 Å². The van der Waals surface area contributed by atoms with E-state index in [4.69, 9.17) is 4.74 Å². The molecule has 0 radical (unpaired) electrons. The van der Waals surface area contributed by atoms with E-state index >= 15 is 0 Å². The Hall–Kier alpha value is -3.93. The summed E-state index contributed by atoms with van der Waals surface area (Å²) in [6.07, 6.45) is 0. The number of H-pyrrole nitrogens is 1. The second kappa shape index (κ2) is 6.90. The van der Waals surface area contributed by atoms with Crippen molar-refractivity contribution in [1.82, 2.24) is 15.0 Å². The molecule has 3 aromatic rings. The summed E-state index contributed by atoms with van der Waals surface area (Å²) in [6, 6.07) is 12.0. The Balaban J connectivity index is 1.88. The van der Waals surface area contributed by atoms with E-state index in [2.05, 4.69) is 15.0 Å². The summed E-state index contributed by atoms with van der Waals surface area (Å²) in [5, 5.41) is 30.6. The molecule has 9 nitrogen and oxygen atoms in total. The van der Waals surface area contributed by atoms with Crippen LogP contribution in [0.25, 0.3) is 16.6 Å². The number of aromatic nitrogens is 3. The number of hydrogen-bond acceptors (Lipinski definition) is 7. The van der Waals surface area contributed by atoms with Gasteiger partial charge in [-0.3, -0.25) is 0 Å². The maximum Gasteiger partial charge on any atom is 0.406 e. The smallest absolute Gasteiger partial charge is 0.406 e. The molecule has 0 spiro atoms. The number of hydrogen-bond donors (Lipinski definition) is 2. The number of pyridine rings is 1. The topological polar surface area (TPSA) is 138 Å². The van der Waals surface area contributed by atoms with Crippen LogP contribution in [0.2, 0.25) is 0 Å². The molecule has 0 bridgehead atoms. The molecule has 9 heteroatoms. The molecule has 0 fully saturated rings. The lowest BCUT2D eigenvalue weighted by molar-refractivity contribution is -0.390. The summed E-state index contributed by atoms with van der Waals surface area (Å²) in [4.78, 5) is 21.4. The number of nitrogens with one attached hydrogen (secondary N) is 1. The summed E-state index contributed by atoms with van der Waals surface area (Å²) < 4.78 is 5.29. The van der Waals surface area contributed by atoms with E-state index in [-0.39, 0.29) is 17.1 Å². The molecule has 2 aromatic heterocycles. The molecule has 130 valence electrons. The first kappa shape index (κ1) is 16.9. The van der Waals surface area contributed by atoms with Crippen LogP contribution < -0.4 is 4.74 Å². The van der Waals surface area contributed by atoms with Gasteiger partial charge in [0.25, 0.3) is 0 Å². The van der Waals surface area contributed by atoms with Gasteiger partial charge >= 0.3 is 5.82 Å². The fraction of sp³-hybridized carbons (Fsp3) is 0.118. The second-order valence-electron chi connectivity index (χ2n) is 5.36. The van der Waals surface area contributed by atoms with E-state index in [1.807, 2.05) is 12.1 Å². The average molecular weight is 351 g/mol. The van der Waals surface area contributed by atoms with Gasteiger partial charge in [0.2, 0.25) is 5.75 Å². The second-order valence-corrected chi connectivity index (χ2v) is 5.36. The average Bonchev–Trinajstić information content (AvgIpc) is 3.04. The Kier molecular flexibility index (Phi) is 4.49. The van der Waals surface area contributed by atoms with Gasteiger partial charge in [-0.05, 0) is 34.2 Å².